The largest absolute Gasteiger partial charge is 0.342 e. The van der Waals surface area contributed by atoms with Gasteiger partial charge in [-0.05, 0) is 43.2 Å². The molecule has 4 nitrogen and oxygen atoms in total. The number of benzene rings is 2. The number of imidazole rings is 1. The zero-order valence-electron chi connectivity index (χ0n) is 13.8. The minimum absolute atomic E-state index is 0.0770. The van der Waals surface area contributed by atoms with E-state index < -0.39 is 11.7 Å². The van der Waals surface area contributed by atoms with Gasteiger partial charge < -0.3 is 9.88 Å². The van der Waals surface area contributed by atoms with Gasteiger partial charge in [0.25, 0.3) is 5.91 Å². The molecule has 0 atom stereocenters. The van der Waals surface area contributed by atoms with Crippen molar-refractivity contribution < 1.29 is 13.6 Å². The second-order valence-electron chi connectivity index (χ2n) is 6.45. The molecule has 2 aromatic carbocycles. The Morgan fingerprint density at radius 2 is 1.96 bits per heavy atom. The lowest BCUT2D eigenvalue weighted by Crippen LogP contribution is -2.38. The number of nitrogens with zero attached hydrogens (tertiary/aromatic N) is 2. The highest BCUT2D eigenvalue weighted by Gasteiger charge is 2.28. The van der Waals surface area contributed by atoms with Crippen molar-refractivity contribution in [3.05, 3.63) is 64.4 Å². The third-order valence-corrected chi connectivity index (χ3v) is 5.12. The summed E-state index contributed by atoms with van der Waals surface area (Å²) in [6, 6.07) is 8.67. The molecular formula is C19H16ClF2N3O. The fourth-order valence-electron chi connectivity index (χ4n) is 3.41. The highest BCUT2D eigenvalue weighted by Crippen LogP contribution is 2.30. The Bertz CT molecular complexity index is 960. The first-order valence-electron chi connectivity index (χ1n) is 8.41. The summed E-state index contributed by atoms with van der Waals surface area (Å²) in [5, 5.41) is 0.122. The smallest absolute Gasteiger partial charge is 0.258 e. The van der Waals surface area contributed by atoms with Crippen LogP contribution in [-0.2, 0) is 0 Å². The van der Waals surface area contributed by atoms with Crippen LogP contribution < -0.4 is 0 Å². The number of aromatic nitrogens is 2. The molecule has 7 heteroatoms. The molecule has 1 fully saturated rings. The summed E-state index contributed by atoms with van der Waals surface area (Å²) in [6.07, 6.45) is 1.39. The molecule has 0 radical (unpaired) electrons. The molecule has 0 bridgehead atoms. The predicted octanol–water partition coefficient (Wildman–Crippen LogP) is 4.51. The number of fused-ring (bicyclic) bond motifs is 1. The molecular weight excluding hydrogens is 360 g/mol. The molecule has 1 aliphatic rings. The monoisotopic (exact) mass is 375 g/mol. The van der Waals surface area contributed by atoms with E-state index in [1.54, 1.807) is 11.0 Å². The molecule has 0 saturated carbocycles. The predicted molar refractivity (Wildman–Crippen MR) is 95.3 cm³/mol. The number of aromatic amines is 1. The molecule has 1 saturated heterocycles. The van der Waals surface area contributed by atoms with Crippen LogP contribution >= 0.6 is 11.6 Å². The van der Waals surface area contributed by atoms with E-state index in [-0.39, 0.29) is 22.3 Å². The fraction of sp³-hybridized carbons (Fsp3) is 0.263. The lowest BCUT2D eigenvalue weighted by molar-refractivity contribution is 0.0706. The van der Waals surface area contributed by atoms with Crippen LogP contribution in [0.3, 0.4) is 0 Å². The van der Waals surface area contributed by atoms with Crippen LogP contribution in [-0.4, -0.2) is 33.9 Å². The zero-order chi connectivity index (χ0) is 18.3. The third kappa shape index (κ3) is 3.05. The van der Waals surface area contributed by atoms with Gasteiger partial charge in [0.05, 0.1) is 21.6 Å². The minimum Gasteiger partial charge on any atom is -0.342 e. The zero-order valence-corrected chi connectivity index (χ0v) is 14.6. The summed E-state index contributed by atoms with van der Waals surface area (Å²) < 4.78 is 27.3. The van der Waals surface area contributed by atoms with Gasteiger partial charge in [-0.1, -0.05) is 17.7 Å². The van der Waals surface area contributed by atoms with Crippen LogP contribution in [0.4, 0.5) is 8.78 Å². The Balaban J connectivity index is 1.49. The van der Waals surface area contributed by atoms with Crippen LogP contribution in [0.15, 0.2) is 36.4 Å². The van der Waals surface area contributed by atoms with Gasteiger partial charge in [-0.15, -0.1) is 0 Å². The number of rotatable bonds is 2. The first-order valence-corrected chi connectivity index (χ1v) is 8.79. The number of hydrogen-bond donors (Lipinski definition) is 1. The van der Waals surface area contributed by atoms with E-state index >= 15 is 0 Å². The van der Waals surface area contributed by atoms with Gasteiger partial charge in [0, 0.05) is 19.0 Å². The Morgan fingerprint density at radius 1 is 1.19 bits per heavy atom. The number of carbonyl (C=O) groups excluding carboxylic acids is 1. The Hall–Kier alpha value is -2.47. The van der Waals surface area contributed by atoms with Crippen LogP contribution in [0, 0.1) is 11.6 Å². The Morgan fingerprint density at radius 3 is 2.69 bits per heavy atom. The van der Waals surface area contributed by atoms with E-state index in [0.29, 0.717) is 31.4 Å². The first-order chi connectivity index (χ1) is 12.5. The van der Waals surface area contributed by atoms with Gasteiger partial charge in [0.1, 0.15) is 17.5 Å². The van der Waals surface area contributed by atoms with Gasteiger partial charge in [-0.3, -0.25) is 4.79 Å². The standard InChI is InChI=1S/C19H16ClF2N3O/c20-13-2-1-3-14(22)17(13)19(26)25-8-6-11(7-9-25)18-23-15-5-4-12(21)10-16(15)24-18/h1-5,10-11H,6-9H2,(H,23,24). The second kappa shape index (κ2) is 6.68. The number of likely N-dealkylation sites (tertiary alicyclic amines) is 1. The van der Waals surface area contributed by atoms with Crippen molar-refractivity contribution in [2.45, 2.75) is 18.8 Å². The van der Waals surface area contributed by atoms with Gasteiger partial charge >= 0.3 is 0 Å². The molecule has 2 heterocycles. The average molecular weight is 376 g/mol. The van der Waals surface area contributed by atoms with Crippen molar-refractivity contribution in [2.24, 2.45) is 0 Å². The molecule has 1 N–H and O–H groups in total. The number of amides is 1. The van der Waals surface area contributed by atoms with E-state index in [9.17, 15) is 13.6 Å². The summed E-state index contributed by atoms with van der Waals surface area (Å²) in [6.45, 7) is 0.971. The van der Waals surface area contributed by atoms with Crippen LogP contribution in [0.2, 0.25) is 5.02 Å². The Kier molecular flexibility index (Phi) is 4.36. The number of piperidine rings is 1. The van der Waals surface area contributed by atoms with Crippen molar-refractivity contribution in [1.82, 2.24) is 14.9 Å². The molecule has 1 amide bonds. The lowest BCUT2D eigenvalue weighted by atomic mass is 9.95. The molecule has 1 aliphatic heterocycles. The summed E-state index contributed by atoms with van der Waals surface area (Å²) in [5.74, 6) is -0.371. The third-order valence-electron chi connectivity index (χ3n) is 4.81. The van der Waals surface area contributed by atoms with Gasteiger partial charge in [0.15, 0.2) is 0 Å². The highest BCUT2D eigenvalue weighted by atomic mass is 35.5. The van der Waals surface area contributed by atoms with Crippen LogP contribution in [0.25, 0.3) is 11.0 Å². The minimum atomic E-state index is -0.607. The summed E-state index contributed by atoms with van der Waals surface area (Å²) in [7, 11) is 0. The van der Waals surface area contributed by atoms with E-state index in [2.05, 4.69) is 9.97 Å². The quantitative estimate of drug-likeness (QED) is 0.716. The van der Waals surface area contributed by atoms with Gasteiger partial charge in [0.2, 0.25) is 0 Å². The Labute approximate surface area is 153 Å². The summed E-state index contributed by atoms with van der Waals surface area (Å²) in [4.78, 5) is 21.9. The van der Waals surface area contributed by atoms with E-state index in [4.69, 9.17) is 11.6 Å². The molecule has 4 rings (SSSR count). The lowest BCUT2D eigenvalue weighted by Gasteiger charge is -2.31. The second-order valence-corrected chi connectivity index (χ2v) is 6.85. The van der Waals surface area contributed by atoms with Gasteiger partial charge in [-0.2, -0.15) is 0 Å². The molecule has 26 heavy (non-hydrogen) atoms. The molecule has 134 valence electrons. The number of halogens is 3. The average Bonchev–Trinajstić information content (AvgIpc) is 3.04. The van der Waals surface area contributed by atoms with Crippen molar-refractivity contribution in [3.63, 3.8) is 0 Å². The number of H-pyrrole nitrogens is 1. The van der Waals surface area contributed by atoms with E-state index in [1.807, 2.05) is 0 Å². The molecule has 0 aliphatic carbocycles. The first kappa shape index (κ1) is 17.0. The molecule has 1 aromatic heterocycles. The summed E-state index contributed by atoms with van der Waals surface area (Å²) >= 11 is 5.99. The number of carbonyl (C=O) groups is 1. The fourth-order valence-corrected chi connectivity index (χ4v) is 3.66. The van der Waals surface area contributed by atoms with Crippen molar-refractivity contribution in [3.8, 4) is 0 Å². The van der Waals surface area contributed by atoms with Crippen molar-refractivity contribution in [2.75, 3.05) is 13.1 Å². The maximum atomic E-state index is 14.0. The normalized spacial score (nSPS) is 15.6. The molecule has 0 unspecified atom stereocenters. The maximum Gasteiger partial charge on any atom is 0.258 e. The van der Waals surface area contributed by atoms with Gasteiger partial charge in [-0.25, -0.2) is 13.8 Å². The topological polar surface area (TPSA) is 49.0 Å². The van der Waals surface area contributed by atoms with Crippen LogP contribution in [0.1, 0.15) is 34.9 Å². The van der Waals surface area contributed by atoms with Crippen LogP contribution in [0.5, 0.6) is 0 Å². The SMILES string of the molecule is O=C(c1c(F)cccc1Cl)N1CCC(c2nc3ccc(F)cc3[nH]2)CC1. The van der Waals surface area contributed by atoms with E-state index in [0.717, 1.165) is 11.3 Å². The number of nitrogens with one attached hydrogen (secondary N) is 1. The van der Waals surface area contributed by atoms with Crippen molar-refractivity contribution in [1.29, 1.82) is 0 Å². The van der Waals surface area contributed by atoms with E-state index in [1.165, 1.54) is 30.3 Å². The highest BCUT2D eigenvalue weighted by molar-refractivity contribution is 6.33. The number of hydrogen-bond acceptors (Lipinski definition) is 2. The molecule has 0 spiro atoms. The van der Waals surface area contributed by atoms with Crippen molar-refractivity contribution >= 4 is 28.5 Å². The molecule has 3 aromatic rings. The summed E-state index contributed by atoms with van der Waals surface area (Å²) in [5.41, 5.74) is 1.31. The maximum absolute atomic E-state index is 14.0.